The molecule has 130 valence electrons. The van der Waals surface area contributed by atoms with Crippen molar-refractivity contribution in [2.45, 2.75) is 58.4 Å². The van der Waals surface area contributed by atoms with Gasteiger partial charge in [0.15, 0.2) is 0 Å². The molecule has 0 aromatic carbocycles. The van der Waals surface area contributed by atoms with E-state index in [9.17, 15) is 8.42 Å². The first kappa shape index (κ1) is 16.9. The van der Waals surface area contributed by atoms with Crippen LogP contribution in [0, 0.1) is 19.8 Å². The summed E-state index contributed by atoms with van der Waals surface area (Å²) >= 11 is 0. The predicted molar refractivity (Wildman–Crippen MR) is 88.5 cm³/mol. The summed E-state index contributed by atoms with van der Waals surface area (Å²) in [6, 6.07) is 0.0987. The average Bonchev–Trinajstić information content (AvgIpc) is 2.70. The van der Waals surface area contributed by atoms with Crippen LogP contribution in [0.1, 0.15) is 43.7 Å². The van der Waals surface area contributed by atoms with Gasteiger partial charge in [-0.25, -0.2) is 8.42 Å². The van der Waals surface area contributed by atoms with Gasteiger partial charge in [-0.15, -0.1) is 0 Å². The summed E-state index contributed by atoms with van der Waals surface area (Å²) in [6.07, 6.45) is 2.08. The van der Waals surface area contributed by atoms with Gasteiger partial charge in [0.25, 0.3) is 0 Å². The van der Waals surface area contributed by atoms with Crippen molar-refractivity contribution in [1.29, 1.82) is 0 Å². The van der Waals surface area contributed by atoms with Gasteiger partial charge in [0.05, 0.1) is 10.9 Å². The van der Waals surface area contributed by atoms with Crippen molar-refractivity contribution in [3.8, 4) is 0 Å². The lowest BCUT2D eigenvalue weighted by atomic mass is 9.97. The van der Waals surface area contributed by atoms with Crippen molar-refractivity contribution in [3.05, 3.63) is 17.0 Å². The Morgan fingerprint density at radius 3 is 2.57 bits per heavy atom. The molecule has 1 aromatic rings. The van der Waals surface area contributed by atoms with Crippen LogP contribution in [-0.2, 0) is 16.6 Å². The molecule has 4 heterocycles. The molecule has 6 nitrogen and oxygen atoms in total. The average molecular weight is 341 g/mol. The van der Waals surface area contributed by atoms with Gasteiger partial charge in [0.2, 0.25) is 10.0 Å². The number of sulfonamides is 1. The first-order chi connectivity index (χ1) is 10.8. The van der Waals surface area contributed by atoms with Crippen molar-refractivity contribution in [2.75, 3.05) is 19.6 Å². The van der Waals surface area contributed by atoms with Gasteiger partial charge in [-0.05, 0) is 46.5 Å². The fraction of sp³-hybridized carbons (Fsp3) is 0.812. The highest BCUT2D eigenvalue weighted by Gasteiger charge is 2.41. The predicted octanol–water partition coefficient (Wildman–Crippen LogP) is 1.93. The third kappa shape index (κ3) is 3.19. The van der Waals surface area contributed by atoms with Crippen LogP contribution in [0.2, 0.25) is 0 Å². The summed E-state index contributed by atoms with van der Waals surface area (Å²) in [6.45, 7) is 10.7. The van der Waals surface area contributed by atoms with Gasteiger partial charge >= 0.3 is 0 Å². The van der Waals surface area contributed by atoms with Gasteiger partial charge < -0.3 is 4.52 Å². The van der Waals surface area contributed by atoms with E-state index < -0.39 is 10.0 Å². The quantitative estimate of drug-likeness (QED) is 0.837. The minimum atomic E-state index is -3.18. The van der Waals surface area contributed by atoms with Crippen molar-refractivity contribution in [3.63, 3.8) is 0 Å². The third-order valence-corrected chi connectivity index (χ3v) is 7.52. The Morgan fingerprint density at radius 1 is 1.22 bits per heavy atom. The number of fused-ring (bicyclic) bond motifs is 4. The maximum atomic E-state index is 12.6. The van der Waals surface area contributed by atoms with Crippen LogP contribution in [-0.4, -0.2) is 53.7 Å². The van der Waals surface area contributed by atoms with Crippen molar-refractivity contribution in [2.24, 2.45) is 5.92 Å². The number of aryl methyl sites for hydroxylation is 2. The Kier molecular flexibility index (Phi) is 4.55. The van der Waals surface area contributed by atoms with Crippen molar-refractivity contribution in [1.82, 2.24) is 14.4 Å². The standard InChI is InChI=1S/C16H27N3O3S/c1-11(2)23(20,21)19-8-14-5-6-15(19)9-18(7-14)10-16-12(3)17-22-13(16)4/h11,14-15H,5-10H2,1-4H3/t14-,15+/m1/s1. The summed E-state index contributed by atoms with van der Waals surface area (Å²) in [5.74, 6) is 1.29. The highest BCUT2D eigenvalue weighted by atomic mass is 32.2. The van der Waals surface area contributed by atoms with Crippen LogP contribution in [0.5, 0.6) is 0 Å². The first-order valence-corrected chi connectivity index (χ1v) is 9.94. The molecule has 4 rings (SSSR count). The molecule has 2 atom stereocenters. The second-order valence-corrected chi connectivity index (χ2v) is 9.70. The van der Waals surface area contributed by atoms with E-state index in [0.29, 0.717) is 12.5 Å². The van der Waals surface area contributed by atoms with Gasteiger partial charge in [0, 0.05) is 37.8 Å². The van der Waals surface area contributed by atoms with Crippen LogP contribution in [0.25, 0.3) is 0 Å². The fourth-order valence-corrected chi connectivity index (χ4v) is 5.35. The Balaban J connectivity index is 1.79. The molecular formula is C16H27N3O3S. The van der Waals surface area contributed by atoms with Crippen LogP contribution in [0.4, 0.5) is 0 Å². The maximum absolute atomic E-state index is 12.6. The number of aromatic nitrogens is 1. The summed E-state index contributed by atoms with van der Waals surface area (Å²) < 4.78 is 32.3. The number of piperidine rings is 1. The zero-order chi connectivity index (χ0) is 16.8. The molecule has 3 fully saturated rings. The summed E-state index contributed by atoms with van der Waals surface area (Å²) in [7, 11) is -3.18. The highest BCUT2D eigenvalue weighted by Crippen LogP contribution is 2.32. The Bertz CT molecular complexity index is 649. The van der Waals surface area contributed by atoms with Crippen molar-refractivity contribution < 1.29 is 12.9 Å². The van der Waals surface area contributed by atoms with Gasteiger partial charge in [-0.3, -0.25) is 4.90 Å². The lowest BCUT2D eigenvalue weighted by molar-refractivity contribution is 0.224. The molecule has 3 aliphatic rings. The molecule has 23 heavy (non-hydrogen) atoms. The molecule has 0 amide bonds. The van der Waals surface area contributed by atoms with E-state index in [0.717, 1.165) is 49.5 Å². The molecule has 0 unspecified atom stereocenters. The third-order valence-electron chi connectivity index (χ3n) is 5.22. The second kappa shape index (κ2) is 6.18. The summed E-state index contributed by atoms with van der Waals surface area (Å²) in [5.41, 5.74) is 2.08. The summed E-state index contributed by atoms with van der Waals surface area (Å²) in [4.78, 5) is 2.38. The van der Waals surface area contributed by atoms with Crippen LogP contribution >= 0.6 is 0 Å². The topological polar surface area (TPSA) is 66.7 Å². The van der Waals surface area contributed by atoms with Gasteiger partial charge in [-0.2, -0.15) is 4.31 Å². The molecule has 0 spiro atoms. The molecule has 0 aliphatic carbocycles. The smallest absolute Gasteiger partial charge is 0.216 e. The lowest BCUT2D eigenvalue weighted by Crippen LogP contribution is -2.49. The molecule has 0 N–H and O–H groups in total. The fourth-order valence-electron chi connectivity index (χ4n) is 3.80. The molecular weight excluding hydrogens is 314 g/mol. The molecule has 0 saturated carbocycles. The van der Waals surface area contributed by atoms with Crippen LogP contribution < -0.4 is 0 Å². The Hall–Kier alpha value is -0.920. The second-order valence-electron chi connectivity index (χ2n) is 7.26. The first-order valence-electron chi connectivity index (χ1n) is 8.43. The minimum Gasteiger partial charge on any atom is -0.361 e. The zero-order valence-electron chi connectivity index (χ0n) is 14.4. The lowest BCUT2D eigenvalue weighted by Gasteiger charge is -2.36. The monoisotopic (exact) mass is 341 g/mol. The molecule has 3 saturated heterocycles. The molecule has 2 bridgehead atoms. The maximum Gasteiger partial charge on any atom is 0.216 e. The zero-order valence-corrected chi connectivity index (χ0v) is 15.3. The Labute approximate surface area is 138 Å². The van der Waals surface area contributed by atoms with E-state index >= 15 is 0 Å². The van der Waals surface area contributed by atoms with E-state index in [4.69, 9.17) is 4.52 Å². The van der Waals surface area contributed by atoms with E-state index in [-0.39, 0.29) is 11.3 Å². The van der Waals surface area contributed by atoms with Crippen LogP contribution in [0.3, 0.4) is 0 Å². The number of nitrogens with zero attached hydrogens (tertiary/aromatic N) is 3. The van der Waals surface area contributed by atoms with Crippen LogP contribution in [0.15, 0.2) is 4.52 Å². The van der Waals surface area contributed by atoms with E-state index in [1.807, 2.05) is 13.8 Å². The molecule has 0 radical (unpaired) electrons. The molecule has 7 heteroatoms. The minimum absolute atomic E-state index is 0.0987. The number of rotatable bonds is 4. The molecule has 1 aromatic heterocycles. The normalized spacial score (nSPS) is 26.8. The van der Waals surface area contributed by atoms with Gasteiger partial charge in [-0.1, -0.05) is 5.16 Å². The van der Waals surface area contributed by atoms with E-state index in [2.05, 4.69) is 10.1 Å². The summed E-state index contributed by atoms with van der Waals surface area (Å²) in [5, 5.41) is 3.68. The largest absolute Gasteiger partial charge is 0.361 e. The highest BCUT2D eigenvalue weighted by molar-refractivity contribution is 7.89. The van der Waals surface area contributed by atoms with Crippen molar-refractivity contribution >= 4 is 10.0 Å². The van der Waals surface area contributed by atoms with E-state index in [1.54, 1.807) is 18.2 Å². The van der Waals surface area contributed by atoms with Gasteiger partial charge in [0.1, 0.15) is 5.76 Å². The number of hydrogen-bond donors (Lipinski definition) is 0. The molecule has 3 aliphatic heterocycles. The number of hydrogen-bond acceptors (Lipinski definition) is 5. The van der Waals surface area contributed by atoms with E-state index in [1.165, 1.54) is 0 Å². The Morgan fingerprint density at radius 2 is 1.96 bits per heavy atom. The SMILES string of the molecule is Cc1noc(C)c1CN1C[C@H]2CC[C@@H](C1)N(S(=O)(=O)C(C)C)C2.